The number of likely N-dealkylation sites (tertiary alicyclic amines) is 1. The van der Waals surface area contributed by atoms with Crippen LogP contribution in [0, 0.1) is 5.41 Å². The summed E-state index contributed by atoms with van der Waals surface area (Å²) >= 11 is 0.994. The molecule has 0 unspecified atom stereocenters. The van der Waals surface area contributed by atoms with Gasteiger partial charge in [-0.1, -0.05) is 0 Å². The second kappa shape index (κ2) is 9.22. The first-order valence-electron chi connectivity index (χ1n) is 8.91. The number of methoxy groups -OCH3 is 1. The van der Waals surface area contributed by atoms with Gasteiger partial charge < -0.3 is 15.0 Å². The molecule has 0 aromatic carbocycles. The van der Waals surface area contributed by atoms with Gasteiger partial charge in [0.05, 0.1) is 19.1 Å². The molecule has 1 aliphatic heterocycles. The maximum Gasteiger partial charge on any atom is 0.311 e. The number of piperidine rings is 1. The number of ketones is 1. The van der Waals surface area contributed by atoms with Gasteiger partial charge in [-0.05, 0) is 26.7 Å². The van der Waals surface area contributed by atoms with Gasteiger partial charge in [0.2, 0.25) is 0 Å². The summed E-state index contributed by atoms with van der Waals surface area (Å²) in [5, 5.41) is 3.98. The average molecular weight is 413 g/mol. The number of esters is 1. The normalized spacial score (nSPS) is 15.2. The molecule has 1 aromatic heterocycles. The van der Waals surface area contributed by atoms with Crippen LogP contribution in [0.4, 0.5) is 4.39 Å². The van der Waals surface area contributed by atoms with Crippen LogP contribution in [0.15, 0.2) is 5.38 Å². The summed E-state index contributed by atoms with van der Waals surface area (Å²) in [5.41, 5.74) is -0.852. The third kappa shape index (κ3) is 5.57. The highest BCUT2D eigenvalue weighted by Gasteiger charge is 2.31. The van der Waals surface area contributed by atoms with E-state index in [0.29, 0.717) is 25.9 Å². The summed E-state index contributed by atoms with van der Waals surface area (Å²) in [4.78, 5) is 53.8. The number of carbonyl (C=O) groups excluding carboxylic acids is 4. The molecular formula is C18H24FN3O5S. The molecule has 2 rings (SSSR count). The molecule has 0 spiro atoms. The van der Waals surface area contributed by atoms with Crippen molar-refractivity contribution in [2.24, 2.45) is 5.41 Å². The Bertz CT molecular complexity index is 756. The molecule has 0 saturated carbocycles. The predicted molar refractivity (Wildman–Crippen MR) is 99.9 cm³/mol. The van der Waals surface area contributed by atoms with Crippen molar-refractivity contribution in [3.8, 4) is 0 Å². The van der Waals surface area contributed by atoms with E-state index in [1.54, 1.807) is 13.8 Å². The van der Waals surface area contributed by atoms with Gasteiger partial charge in [-0.2, -0.15) is 0 Å². The Kier molecular flexibility index (Phi) is 7.22. The van der Waals surface area contributed by atoms with Crippen LogP contribution in [0.3, 0.4) is 0 Å². The van der Waals surface area contributed by atoms with Gasteiger partial charge >= 0.3 is 5.97 Å². The van der Waals surface area contributed by atoms with E-state index in [-0.39, 0.29) is 35.4 Å². The number of nitrogens with one attached hydrogen (secondary N) is 1. The fourth-order valence-electron chi connectivity index (χ4n) is 2.85. The lowest BCUT2D eigenvalue weighted by atomic mass is 9.87. The number of carbonyl (C=O) groups is 4. The van der Waals surface area contributed by atoms with Crippen LogP contribution in [0.5, 0.6) is 0 Å². The number of alkyl halides is 1. The number of Topliss-reactive ketones (excluding diaryl/α,β-unsaturated/α-hetero) is 1. The van der Waals surface area contributed by atoms with Gasteiger partial charge in [0.1, 0.15) is 11.9 Å². The molecule has 0 aliphatic carbocycles. The number of ether oxygens (including phenoxy) is 1. The lowest BCUT2D eigenvalue weighted by molar-refractivity contribution is -0.152. The fourth-order valence-corrected chi connectivity index (χ4v) is 3.55. The number of nitrogens with zero attached hydrogens (tertiary/aromatic N) is 2. The van der Waals surface area contributed by atoms with Crippen LogP contribution in [0.1, 0.15) is 53.4 Å². The van der Waals surface area contributed by atoms with Crippen molar-refractivity contribution in [1.82, 2.24) is 15.2 Å². The SMILES string of the molecule is COC(=O)C(C)(C)CC(=O)CNC(=O)c1nc(C(=O)N2CCC(F)CC2)cs1. The zero-order chi connectivity index (χ0) is 20.9. The molecular weight excluding hydrogens is 389 g/mol. The highest BCUT2D eigenvalue weighted by molar-refractivity contribution is 7.11. The number of rotatable bonds is 7. The molecule has 1 fully saturated rings. The van der Waals surface area contributed by atoms with E-state index < -0.39 is 23.5 Å². The quantitative estimate of drug-likeness (QED) is 0.681. The second-order valence-corrected chi connectivity index (χ2v) is 8.14. The maximum absolute atomic E-state index is 13.2. The highest BCUT2D eigenvalue weighted by Crippen LogP contribution is 2.22. The van der Waals surface area contributed by atoms with E-state index in [2.05, 4.69) is 15.0 Å². The summed E-state index contributed by atoms with van der Waals surface area (Å²) in [5.74, 6) is -1.74. The van der Waals surface area contributed by atoms with Crippen molar-refractivity contribution in [2.75, 3.05) is 26.7 Å². The number of thiazole rings is 1. The first-order chi connectivity index (χ1) is 13.1. The Morgan fingerprint density at radius 1 is 1.32 bits per heavy atom. The van der Waals surface area contributed by atoms with Gasteiger partial charge in [-0.15, -0.1) is 11.3 Å². The van der Waals surface area contributed by atoms with Gasteiger partial charge in [-0.3, -0.25) is 19.2 Å². The minimum atomic E-state index is -0.982. The van der Waals surface area contributed by atoms with E-state index in [1.165, 1.54) is 17.4 Å². The van der Waals surface area contributed by atoms with E-state index >= 15 is 0 Å². The van der Waals surface area contributed by atoms with Gasteiger partial charge in [0.25, 0.3) is 11.8 Å². The number of hydrogen-bond acceptors (Lipinski definition) is 7. The standard InChI is InChI=1S/C18H24FN3O5S/c1-18(2,17(26)27-3)8-12(23)9-20-14(24)15-21-13(10-28-15)16(25)22-6-4-11(19)5-7-22/h10-11H,4-9H2,1-3H3,(H,20,24). The molecule has 0 atom stereocenters. The molecule has 10 heteroatoms. The molecule has 154 valence electrons. The van der Waals surface area contributed by atoms with E-state index in [9.17, 15) is 23.6 Å². The minimum Gasteiger partial charge on any atom is -0.469 e. The average Bonchev–Trinajstić information content (AvgIpc) is 3.15. The molecule has 1 N–H and O–H groups in total. The second-order valence-electron chi connectivity index (χ2n) is 7.28. The Balaban J connectivity index is 1.87. The fraction of sp³-hybridized carbons (Fsp3) is 0.611. The van der Waals surface area contributed by atoms with Gasteiger partial charge in [-0.25, -0.2) is 9.37 Å². The Morgan fingerprint density at radius 2 is 1.96 bits per heavy atom. The Labute approximate surface area is 166 Å². The molecule has 28 heavy (non-hydrogen) atoms. The highest BCUT2D eigenvalue weighted by atomic mass is 32.1. The van der Waals surface area contributed by atoms with E-state index in [0.717, 1.165) is 11.3 Å². The first-order valence-corrected chi connectivity index (χ1v) is 9.79. The number of hydrogen-bond donors (Lipinski definition) is 1. The summed E-state index contributed by atoms with van der Waals surface area (Å²) in [6, 6.07) is 0. The smallest absolute Gasteiger partial charge is 0.311 e. The van der Waals surface area contributed by atoms with Crippen LogP contribution in [0.25, 0.3) is 0 Å². The molecule has 2 heterocycles. The van der Waals surface area contributed by atoms with Gasteiger partial charge in [0, 0.05) is 24.9 Å². The number of amides is 2. The summed E-state index contributed by atoms with van der Waals surface area (Å²) in [6.45, 7) is 3.56. The zero-order valence-corrected chi connectivity index (χ0v) is 16.9. The molecule has 1 saturated heterocycles. The molecule has 8 nitrogen and oxygen atoms in total. The molecule has 2 amide bonds. The molecule has 1 aromatic rings. The zero-order valence-electron chi connectivity index (χ0n) is 16.1. The predicted octanol–water partition coefficient (Wildman–Crippen LogP) is 1.61. The topological polar surface area (TPSA) is 106 Å². The largest absolute Gasteiger partial charge is 0.469 e. The number of halogens is 1. The van der Waals surface area contributed by atoms with Crippen molar-refractivity contribution in [3.05, 3.63) is 16.1 Å². The maximum atomic E-state index is 13.2. The van der Waals surface area contributed by atoms with Crippen LogP contribution >= 0.6 is 11.3 Å². The first kappa shape index (κ1) is 21.9. The van der Waals surface area contributed by atoms with Crippen molar-refractivity contribution in [2.45, 2.75) is 39.3 Å². The summed E-state index contributed by atoms with van der Waals surface area (Å²) in [7, 11) is 1.25. The monoisotopic (exact) mass is 413 g/mol. The van der Waals surface area contributed by atoms with Crippen molar-refractivity contribution >= 4 is 34.9 Å². The Hall–Kier alpha value is -2.36. The molecule has 1 aliphatic rings. The van der Waals surface area contributed by atoms with Crippen LogP contribution in [-0.4, -0.2) is 66.4 Å². The number of aromatic nitrogens is 1. The van der Waals surface area contributed by atoms with Crippen molar-refractivity contribution in [3.63, 3.8) is 0 Å². The minimum absolute atomic E-state index is 0.0590. The molecule has 0 radical (unpaired) electrons. The summed E-state index contributed by atoms with van der Waals surface area (Å²) < 4.78 is 17.8. The lowest BCUT2D eigenvalue weighted by Gasteiger charge is -2.27. The van der Waals surface area contributed by atoms with Crippen LogP contribution < -0.4 is 5.32 Å². The van der Waals surface area contributed by atoms with Crippen LogP contribution in [-0.2, 0) is 14.3 Å². The van der Waals surface area contributed by atoms with Crippen molar-refractivity contribution in [1.29, 1.82) is 0 Å². The van der Waals surface area contributed by atoms with Crippen LogP contribution in [0.2, 0.25) is 0 Å². The van der Waals surface area contributed by atoms with Crippen molar-refractivity contribution < 1.29 is 28.3 Å². The third-order valence-corrected chi connectivity index (χ3v) is 5.29. The van der Waals surface area contributed by atoms with E-state index in [4.69, 9.17) is 0 Å². The lowest BCUT2D eigenvalue weighted by Crippen LogP contribution is -2.39. The van der Waals surface area contributed by atoms with Gasteiger partial charge in [0.15, 0.2) is 10.8 Å². The summed E-state index contributed by atoms with van der Waals surface area (Å²) in [6.07, 6.45) is -0.366. The molecule has 0 bridgehead atoms. The Morgan fingerprint density at radius 3 is 2.57 bits per heavy atom. The third-order valence-electron chi connectivity index (χ3n) is 4.45. The van der Waals surface area contributed by atoms with E-state index in [1.807, 2.05) is 0 Å².